The fourth-order valence-electron chi connectivity index (χ4n) is 4.37. The Morgan fingerprint density at radius 2 is 1.52 bits per heavy atom. The Labute approximate surface area is 201 Å². The average molecular weight is 463 g/mol. The van der Waals surface area contributed by atoms with Gasteiger partial charge in [-0.1, -0.05) is 49.7 Å². The van der Waals surface area contributed by atoms with Crippen LogP contribution in [0, 0.1) is 6.92 Å². The van der Waals surface area contributed by atoms with Gasteiger partial charge in [0.1, 0.15) is 11.6 Å². The van der Waals surface area contributed by atoms with Gasteiger partial charge < -0.3 is 9.80 Å². The number of aryl methyl sites for hydroxylation is 3. The van der Waals surface area contributed by atoms with Gasteiger partial charge in [0, 0.05) is 54.4 Å². The molecule has 1 amide bonds. The van der Waals surface area contributed by atoms with E-state index in [0.717, 1.165) is 60.3 Å². The number of anilines is 1. The predicted molar refractivity (Wildman–Crippen MR) is 134 cm³/mol. The first-order valence-corrected chi connectivity index (χ1v) is 12.1. The zero-order chi connectivity index (χ0) is 23.4. The number of benzene rings is 2. The van der Waals surface area contributed by atoms with Gasteiger partial charge in [0.25, 0.3) is 5.91 Å². The van der Waals surface area contributed by atoms with Crippen LogP contribution in [0.15, 0.2) is 48.5 Å². The third kappa shape index (κ3) is 5.36. The molecular weight excluding hydrogens is 432 g/mol. The molecule has 0 aliphatic carbocycles. The van der Waals surface area contributed by atoms with Crippen molar-refractivity contribution in [1.82, 2.24) is 14.9 Å². The Bertz CT molecular complexity index is 1100. The van der Waals surface area contributed by atoms with E-state index in [1.165, 1.54) is 16.7 Å². The smallest absolute Gasteiger partial charge is 0.253 e. The predicted octanol–water partition coefficient (Wildman–Crippen LogP) is 5.12. The van der Waals surface area contributed by atoms with Crippen LogP contribution >= 0.6 is 11.6 Å². The first-order valence-electron chi connectivity index (χ1n) is 11.7. The van der Waals surface area contributed by atoms with Gasteiger partial charge in [0.2, 0.25) is 0 Å². The molecule has 6 heteroatoms. The maximum absolute atomic E-state index is 13.0. The Balaban J connectivity index is 1.52. The molecule has 0 N–H and O–H groups in total. The molecule has 0 bridgehead atoms. The maximum atomic E-state index is 13.0. The van der Waals surface area contributed by atoms with Crippen LogP contribution in [-0.4, -0.2) is 47.0 Å². The average Bonchev–Trinajstić information content (AvgIpc) is 2.85. The van der Waals surface area contributed by atoms with E-state index in [-0.39, 0.29) is 5.91 Å². The van der Waals surface area contributed by atoms with Crippen molar-refractivity contribution in [2.24, 2.45) is 0 Å². The quantitative estimate of drug-likeness (QED) is 0.510. The number of aromatic nitrogens is 2. The molecule has 1 aliphatic heterocycles. The lowest BCUT2D eigenvalue weighted by Gasteiger charge is -2.36. The summed E-state index contributed by atoms with van der Waals surface area (Å²) in [4.78, 5) is 26.8. The molecule has 1 saturated heterocycles. The van der Waals surface area contributed by atoms with Crippen molar-refractivity contribution in [3.05, 3.63) is 87.3 Å². The van der Waals surface area contributed by atoms with Gasteiger partial charge in [-0.25, -0.2) is 9.97 Å². The van der Waals surface area contributed by atoms with Gasteiger partial charge in [-0.2, -0.15) is 0 Å². The standard InChI is InChI=1S/C27H31ClN4O/c1-4-20-6-10-22(11-7-20)27(33)32-16-14-31(15-17-32)26-24(25(5-2)29-19(3)30-26)18-21-8-12-23(28)13-9-21/h6-13H,4-5,14-18H2,1-3H3. The van der Waals surface area contributed by atoms with Gasteiger partial charge in [0.05, 0.1) is 0 Å². The Morgan fingerprint density at radius 1 is 0.879 bits per heavy atom. The van der Waals surface area contributed by atoms with E-state index in [4.69, 9.17) is 21.6 Å². The molecule has 172 valence electrons. The van der Waals surface area contributed by atoms with Crippen molar-refractivity contribution in [1.29, 1.82) is 0 Å². The van der Waals surface area contributed by atoms with Gasteiger partial charge >= 0.3 is 0 Å². The first kappa shape index (κ1) is 23.2. The lowest BCUT2D eigenvalue weighted by molar-refractivity contribution is 0.0746. The minimum atomic E-state index is 0.104. The molecule has 0 spiro atoms. The van der Waals surface area contributed by atoms with Crippen molar-refractivity contribution in [3.8, 4) is 0 Å². The highest BCUT2D eigenvalue weighted by Gasteiger charge is 2.25. The summed E-state index contributed by atoms with van der Waals surface area (Å²) in [7, 11) is 0. The van der Waals surface area contributed by atoms with Crippen molar-refractivity contribution in [2.45, 2.75) is 40.0 Å². The van der Waals surface area contributed by atoms with Crippen LogP contribution < -0.4 is 4.90 Å². The summed E-state index contributed by atoms with van der Waals surface area (Å²) in [5.74, 6) is 1.89. The van der Waals surface area contributed by atoms with E-state index in [1.807, 2.05) is 48.2 Å². The van der Waals surface area contributed by atoms with Crippen LogP contribution in [0.1, 0.15) is 52.4 Å². The molecule has 1 fully saturated rings. The maximum Gasteiger partial charge on any atom is 0.253 e. The molecule has 5 nitrogen and oxygen atoms in total. The van der Waals surface area contributed by atoms with Crippen LogP contribution in [0.4, 0.5) is 5.82 Å². The summed E-state index contributed by atoms with van der Waals surface area (Å²) < 4.78 is 0. The number of hydrogen-bond acceptors (Lipinski definition) is 4. The highest BCUT2D eigenvalue weighted by atomic mass is 35.5. The molecular formula is C27H31ClN4O. The van der Waals surface area contributed by atoms with Gasteiger partial charge in [-0.15, -0.1) is 0 Å². The fourth-order valence-corrected chi connectivity index (χ4v) is 4.49. The van der Waals surface area contributed by atoms with Crippen molar-refractivity contribution in [3.63, 3.8) is 0 Å². The van der Waals surface area contributed by atoms with E-state index in [9.17, 15) is 4.79 Å². The lowest BCUT2D eigenvalue weighted by atomic mass is 10.0. The second-order valence-electron chi connectivity index (χ2n) is 8.51. The Hall–Kier alpha value is -2.92. The third-order valence-corrected chi connectivity index (χ3v) is 6.54. The highest BCUT2D eigenvalue weighted by Crippen LogP contribution is 2.27. The van der Waals surface area contributed by atoms with Crippen LogP contribution in [0.3, 0.4) is 0 Å². The molecule has 0 radical (unpaired) electrons. The number of carbonyl (C=O) groups is 1. The molecule has 0 atom stereocenters. The van der Waals surface area contributed by atoms with E-state index in [2.05, 4.69) is 30.9 Å². The van der Waals surface area contributed by atoms with Gasteiger partial charge in [0.15, 0.2) is 0 Å². The normalized spacial score (nSPS) is 13.9. The van der Waals surface area contributed by atoms with E-state index in [1.54, 1.807) is 0 Å². The molecule has 1 aromatic heterocycles. The second kappa shape index (κ2) is 10.3. The van der Waals surface area contributed by atoms with Crippen LogP contribution in [-0.2, 0) is 19.3 Å². The number of amides is 1. The molecule has 4 rings (SSSR count). The Morgan fingerprint density at radius 3 is 2.12 bits per heavy atom. The molecule has 33 heavy (non-hydrogen) atoms. The molecule has 3 aromatic rings. The van der Waals surface area contributed by atoms with Gasteiger partial charge in [-0.3, -0.25) is 4.79 Å². The van der Waals surface area contributed by atoms with Crippen LogP contribution in [0.5, 0.6) is 0 Å². The zero-order valence-electron chi connectivity index (χ0n) is 19.6. The van der Waals surface area contributed by atoms with Crippen molar-refractivity contribution < 1.29 is 4.79 Å². The highest BCUT2D eigenvalue weighted by molar-refractivity contribution is 6.30. The van der Waals surface area contributed by atoms with E-state index in [0.29, 0.717) is 13.1 Å². The minimum Gasteiger partial charge on any atom is -0.353 e. The van der Waals surface area contributed by atoms with Gasteiger partial charge in [-0.05, 0) is 55.2 Å². The molecule has 2 heterocycles. The topological polar surface area (TPSA) is 49.3 Å². The number of hydrogen-bond donors (Lipinski definition) is 0. The summed E-state index contributed by atoms with van der Waals surface area (Å²) >= 11 is 6.08. The molecule has 0 saturated carbocycles. The zero-order valence-corrected chi connectivity index (χ0v) is 20.4. The van der Waals surface area contributed by atoms with E-state index < -0.39 is 0 Å². The Kier molecular flexibility index (Phi) is 7.29. The number of carbonyl (C=O) groups excluding carboxylic acids is 1. The SMILES string of the molecule is CCc1ccc(C(=O)N2CCN(c3nc(C)nc(CC)c3Cc3ccc(Cl)cc3)CC2)cc1. The summed E-state index contributed by atoms with van der Waals surface area (Å²) in [6.45, 7) is 9.08. The third-order valence-electron chi connectivity index (χ3n) is 6.29. The van der Waals surface area contributed by atoms with Crippen LogP contribution in [0.25, 0.3) is 0 Å². The van der Waals surface area contributed by atoms with E-state index >= 15 is 0 Å². The van der Waals surface area contributed by atoms with Crippen LogP contribution in [0.2, 0.25) is 5.02 Å². The molecule has 1 aliphatic rings. The van der Waals surface area contributed by atoms with Crippen molar-refractivity contribution in [2.75, 3.05) is 31.1 Å². The van der Waals surface area contributed by atoms with Crippen molar-refractivity contribution >= 4 is 23.3 Å². The summed E-state index contributed by atoms with van der Waals surface area (Å²) in [6, 6.07) is 15.9. The number of nitrogens with zero attached hydrogens (tertiary/aromatic N) is 4. The largest absolute Gasteiger partial charge is 0.353 e. The second-order valence-corrected chi connectivity index (χ2v) is 8.94. The lowest BCUT2D eigenvalue weighted by Crippen LogP contribution is -2.49. The first-order chi connectivity index (χ1) is 16.0. The molecule has 2 aromatic carbocycles. The number of rotatable bonds is 6. The summed E-state index contributed by atoms with van der Waals surface area (Å²) in [6.07, 6.45) is 2.59. The summed E-state index contributed by atoms with van der Waals surface area (Å²) in [5.41, 5.74) is 5.44. The summed E-state index contributed by atoms with van der Waals surface area (Å²) in [5, 5.41) is 0.736. The molecule has 0 unspecified atom stereocenters. The fraction of sp³-hybridized carbons (Fsp3) is 0.370. The minimum absolute atomic E-state index is 0.104. The number of halogens is 1. The monoisotopic (exact) mass is 462 g/mol. The number of piperazine rings is 1.